The van der Waals surface area contributed by atoms with Gasteiger partial charge < -0.3 is 28.1 Å². The third-order valence-corrected chi connectivity index (χ3v) is 10.8. The van der Waals surface area contributed by atoms with Crippen LogP contribution in [0.1, 0.15) is 27.2 Å². The summed E-state index contributed by atoms with van der Waals surface area (Å²) in [5.41, 5.74) is 9.76. The lowest BCUT2D eigenvalue weighted by molar-refractivity contribution is 0.0588. The Bertz CT molecular complexity index is 2880. The predicted molar refractivity (Wildman–Crippen MR) is 237 cm³/mol. The molecular weight excluding hydrogens is 747 g/mol. The Balaban J connectivity index is 0.895. The summed E-state index contributed by atoms with van der Waals surface area (Å²) >= 11 is 0. The lowest BCUT2D eigenvalue weighted by Crippen LogP contribution is -2.08. The second kappa shape index (κ2) is 15.8. The number of esters is 1. The quantitative estimate of drug-likeness (QED) is 0.115. The fraction of sp³-hybridized carbons (Fsp3) is 0.0769. The molecule has 0 unspecified atom stereocenters. The average Bonchev–Trinajstić information content (AvgIpc) is 3.83. The van der Waals surface area contributed by atoms with E-state index in [1.165, 1.54) is 56.9 Å². The van der Waals surface area contributed by atoms with Crippen molar-refractivity contribution in [2.75, 3.05) is 7.11 Å². The molecule has 60 heavy (non-hydrogen) atoms. The van der Waals surface area contributed by atoms with E-state index in [4.69, 9.17) is 18.9 Å². The number of hydrogen-bond acceptors (Lipinski definition) is 6. The van der Waals surface area contributed by atoms with Crippen molar-refractivity contribution in [2.45, 2.75) is 19.8 Å². The van der Waals surface area contributed by atoms with Crippen LogP contribution in [-0.2, 0) is 24.6 Å². The van der Waals surface area contributed by atoms with E-state index in [0.717, 1.165) is 28.1 Å². The van der Waals surface area contributed by atoms with Crippen LogP contribution < -0.4 is 14.2 Å². The standard InChI is InChI=1S/C52H39N3O5/c1-57-52(56)51-50(19-10-28-53-51)60-34-37-29-40(58-32-35-20-24-38(25-21-35)54-46-15-6-2-11-42(46)43-12-3-7-16-47(43)54)31-41(30-37)59-33-36-22-26-39(27-23-36)55-48-17-8-4-13-44(48)45-14-5-9-18-49(45)55/h2-31H,32-34H2,1H3. The highest BCUT2D eigenvalue weighted by molar-refractivity contribution is 6.10. The highest BCUT2D eigenvalue weighted by atomic mass is 16.5. The zero-order valence-electron chi connectivity index (χ0n) is 32.8. The monoisotopic (exact) mass is 785 g/mol. The Labute approximate surface area is 346 Å². The molecule has 0 saturated carbocycles. The first-order valence-corrected chi connectivity index (χ1v) is 19.8. The molecule has 7 aromatic carbocycles. The molecule has 8 nitrogen and oxygen atoms in total. The number of carbonyl (C=O) groups excluding carboxylic acids is 1. The van der Waals surface area contributed by atoms with Gasteiger partial charge in [-0.1, -0.05) is 97.1 Å². The number of ether oxygens (including phenoxy) is 4. The van der Waals surface area contributed by atoms with Crippen molar-refractivity contribution in [1.29, 1.82) is 0 Å². The van der Waals surface area contributed by atoms with Crippen LogP contribution in [0.4, 0.5) is 0 Å². The molecule has 0 atom stereocenters. The number of methoxy groups -OCH3 is 1. The third-order valence-electron chi connectivity index (χ3n) is 10.8. The van der Waals surface area contributed by atoms with Gasteiger partial charge in [0.15, 0.2) is 11.4 Å². The van der Waals surface area contributed by atoms with Gasteiger partial charge in [0, 0.05) is 45.2 Å². The lowest BCUT2D eigenvalue weighted by Gasteiger charge is -2.15. The first-order valence-electron chi connectivity index (χ1n) is 19.8. The van der Waals surface area contributed by atoms with Crippen molar-refractivity contribution in [1.82, 2.24) is 14.1 Å². The summed E-state index contributed by atoms with van der Waals surface area (Å²) < 4.78 is 28.5. The Morgan fingerprint density at radius 2 is 0.883 bits per heavy atom. The first-order chi connectivity index (χ1) is 29.6. The fourth-order valence-corrected chi connectivity index (χ4v) is 8.02. The van der Waals surface area contributed by atoms with Gasteiger partial charge in [0.1, 0.15) is 31.3 Å². The lowest BCUT2D eigenvalue weighted by atomic mass is 10.2. The molecule has 0 N–H and O–H groups in total. The number of hydrogen-bond donors (Lipinski definition) is 0. The van der Waals surface area contributed by atoms with Gasteiger partial charge in [0.25, 0.3) is 0 Å². The molecular formula is C52H39N3O5. The van der Waals surface area contributed by atoms with Crippen LogP contribution in [-0.4, -0.2) is 27.2 Å². The number of benzene rings is 7. The molecule has 0 fully saturated rings. The third kappa shape index (κ3) is 6.94. The van der Waals surface area contributed by atoms with E-state index < -0.39 is 5.97 Å². The SMILES string of the molecule is COC(=O)c1ncccc1OCc1cc(OCc2ccc(-n3c4ccccc4c4ccccc43)cc2)cc(OCc2ccc(-n3c4ccccc4c4ccccc43)cc2)c1. The van der Waals surface area contributed by atoms with Crippen LogP contribution in [0.2, 0.25) is 0 Å². The number of aromatic nitrogens is 3. The van der Waals surface area contributed by atoms with E-state index in [1.54, 1.807) is 12.1 Å². The molecule has 8 heteroatoms. The summed E-state index contributed by atoms with van der Waals surface area (Å²) in [4.78, 5) is 16.6. The van der Waals surface area contributed by atoms with Crippen LogP contribution in [0.15, 0.2) is 182 Å². The first kappa shape index (κ1) is 36.5. The number of pyridine rings is 1. The van der Waals surface area contributed by atoms with Gasteiger partial charge >= 0.3 is 5.97 Å². The number of para-hydroxylation sites is 4. The molecule has 10 rings (SSSR count). The molecule has 292 valence electrons. The molecule has 0 radical (unpaired) electrons. The average molecular weight is 786 g/mol. The van der Waals surface area contributed by atoms with E-state index >= 15 is 0 Å². The fourth-order valence-electron chi connectivity index (χ4n) is 8.02. The van der Waals surface area contributed by atoms with E-state index in [9.17, 15) is 4.79 Å². The molecule has 0 aliphatic heterocycles. The molecule has 0 aliphatic rings. The minimum Gasteiger partial charge on any atom is -0.489 e. The van der Waals surface area contributed by atoms with Crippen LogP contribution in [0.5, 0.6) is 17.2 Å². The molecule has 3 heterocycles. The molecule has 10 aromatic rings. The Morgan fingerprint density at radius 3 is 1.32 bits per heavy atom. The summed E-state index contributed by atoms with van der Waals surface area (Å²) in [5.74, 6) is 1.00. The van der Waals surface area contributed by atoms with E-state index in [2.05, 4.69) is 160 Å². The highest BCUT2D eigenvalue weighted by Gasteiger charge is 2.16. The van der Waals surface area contributed by atoms with Gasteiger partial charge in [0.2, 0.25) is 0 Å². The topological polar surface area (TPSA) is 76.7 Å². The number of carbonyl (C=O) groups is 1. The van der Waals surface area contributed by atoms with E-state index in [-0.39, 0.29) is 12.3 Å². The largest absolute Gasteiger partial charge is 0.489 e. The van der Waals surface area contributed by atoms with E-state index in [0.29, 0.717) is 30.5 Å². The molecule has 0 amide bonds. The number of fused-ring (bicyclic) bond motifs is 6. The molecule has 0 spiro atoms. The van der Waals surface area contributed by atoms with E-state index in [1.807, 2.05) is 18.2 Å². The minimum absolute atomic E-state index is 0.109. The van der Waals surface area contributed by atoms with Crippen molar-refractivity contribution in [3.05, 3.63) is 205 Å². The molecule has 0 aliphatic carbocycles. The Hall–Kier alpha value is -7.84. The normalized spacial score (nSPS) is 11.3. The maximum atomic E-state index is 12.4. The molecule has 3 aromatic heterocycles. The van der Waals surface area contributed by atoms with Crippen molar-refractivity contribution >= 4 is 49.6 Å². The second-order valence-electron chi connectivity index (χ2n) is 14.6. The summed E-state index contributed by atoms with van der Waals surface area (Å²) in [5, 5.41) is 4.90. The van der Waals surface area contributed by atoms with Gasteiger partial charge in [-0.05, 0) is 89.5 Å². The maximum Gasteiger partial charge on any atom is 0.360 e. The zero-order valence-corrected chi connectivity index (χ0v) is 32.8. The van der Waals surface area contributed by atoms with Gasteiger partial charge in [-0.3, -0.25) is 0 Å². The predicted octanol–water partition coefficient (Wildman–Crippen LogP) is 11.8. The van der Waals surface area contributed by atoms with Crippen molar-refractivity contribution in [3.8, 4) is 28.6 Å². The van der Waals surface area contributed by atoms with Gasteiger partial charge in [0.05, 0.1) is 29.2 Å². The number of nitrogens with zero attached hydrogens (tertiary/aromatic N) is 3. The zero-order chi connectivity index (χ0) is 40.4. The maximum absolute atomic E-state index is 12.4. The Morgan fingerprint density at radius 1 is 0.467 bits per heavy atom. The van der Waals surface area contributed by atoms with Gasteiger partial charge in [-0.15, -0.1) is 0 Å². The summed E-state index contributed by atoms with van der Waals surface area (Å²) in [6, 6.07) is 60.1. The summed E-state index contributed by atoms with van der Waals surface area (Å²) in [6.07, 6.45) is 1.53. The van der Waals surface area contributed by atoms with Crippen LogP contribution in [0, 0.1) is 0 Å². The molecule has 0 bridgehead atoms. The van der Waals surface area contributed by atoms with Crippen LogP contribution >= 0.6 is 0 Å². The Kier molecular flexibility index (Phi) is 9.63. The highest BCUT2D eigenvalue weighted by Crippen LogP contribution is 2.34. The van der Waals surface area contributed by atoms with Crippen LogP contribution in [0.3, 0.4) is 0 Å². The second-order valence-corrected chi connectivity index (χ2v) is 14.6. The summed E-state index contributed by atoms with van der Waals surface area (Å²) in [6.45, 7) is 0.831. The molecule has 0 saturated heterocycles. The summed E-state index contributed by atoms with van der Waals surface area (Å²) in [7, 11) is 1.32. The van der Waals surface area contributed by atoms with Gasteiger partial charge in [-0.25, -0.2) is 9.78 Å². The smallest absolute Gasteiger partial charge is 0.360 e. The van der Waals surface area contributed by atoms with Crippen LogP contribution in [0.25, 0.3) is 55.0 Å². The van der Waals surface area contributed by atoms with Gasteiger partial charge in [-0.2, -0.15) is 0 Å². The number of rotatable bonds is 12. The van der Waals surface area contributed by atoms with Crippen molar-refractivity contribution in [3.63, 3.8) is 0 Å². The van der Waals surface area contributed by atoms with Crippen molar-refractivity contribution in [2.24, 2.45) is 0 Å². The minimum atomic E-state index is -0.569. The van der Waals surface area contributed by atoms with Crippen molar-refractivity contribution < 1.29 is 23.7 Å².